The fourth-order valence-electron chi connectivity index (χ4n) is 1.82. The van der Waals surface area contributed by atoms with Gasteiger partial charge >= 0.3 is 0 Å². The molecule has 0 aliphatic rings. The zero-order chi connectivity index (χ0) is 12.1. The third-order valence-corrected chi connectivity index (χ3v) is 2.75. The molecule has 0 spiro atoms. The summed E-state index contributed by atoms with van der Waals surface area (Å²) in [6.07, 6.45) is 4.41. The van der Waals surface area contributed by atoms with Gasteiger partial charge in [0.25, 0.3) is 0 Å². The number of para-hydroxylation sites is 1. The minimum absolute atomic E-state index is 0.193. The number of aryl methyl sites for hydroxylation is 2. The number of aliphatic hydroxyl groups is 1. The highest BCUT2D eigenvalue weighted by atomic mass is 16.2. The first kappa shape index (κ1) is 11.8. The number of hydrogen-bond acceptors (Lipinski definition) is 3. The van der Waals surface area contributed by atoms with Crippen molar-refractivity contribution in [2.45, 2.75) is 26.2 Å². The minimum atomic E-state index is 0.193. The van der Waals surface area contributed by atoms with E-state index in [4.69, 9.17) is 5.11 Å². The van der Waals surface area contributed by atoms with Crippen LogP contribution in [0.1, 0.15) is 24.6 Å². The fourth-order valence-corrected chi connectivity index (χ4v) is 1.82. The van der Waals surface area contributed by atoms with Crippen LogP contribution in [0, 0.1) is 0 Å². The number of aliphatic hydroxyl groups excluding tert-OH is 1. The number of nitrogens with zero attached hydrogens (tertiary/aromatic N) is 3. The monoisotopic (exact) mass is 231 g/mol. The molecule has 1 aromatic carbocycles. The lowest BCUT2D eigenvalue weighted by molar-refractivity contribution is 0.288. The largest absolute Gasteiger partial charge is 0.396 e. The van der Waals surface area contributed by atoms with Gasteiger partial charge in [0, 0.05) is 6.61 Å². The molecule has 0 atom stereocenters. The van der Waals surface area contributed by atoms with E-state index in [1.54, 1.807) is 0 Å². The van der Waals surface area contributed by atoms with Crippen LogP contribution in [0.5, 0.6) is 0 Å². The van der Waals surface area contributed by atoms with Crippen LogP contribution in [0.2, 0.25) is 0 Å². The quantitative estimate of drug-likeness (QED) is 0.853. The second-order valence-corrected chi connectivity index (χ2v) is 3.96. The van der Waals surface area contributed by atoms with Crippen molar-refractivity contribution < 1.29 is 5.11 Å². The van der Waals surface area contributed by atoms with Crippen molar-refractivity contribution in [2.24, 2.45) is 0 Å². The van der Waals surface area contributed by atoms with Gasteiger partial charge in [-0.2, -0.15) is 0 Å². The van der Waals surface area contributed by atoms with Gasteiger partial charge in [0.05, 0.1) is 17.6 Å². The molecule has 1 N–H and O–H groups in total. The summed E-state index contributed by atoms with van der Waals surface area (Å²) in [5, 5.41) is 17.0. The van der Waals surface area contributed by atoms with Crippen LogP contribution in [-0.2, 0) is 12.8 Å². The van der Waals surface area contributed by atoms with Gasteiger partial charge in [0.2, 0.25) is 0 Å². The van der Waals surface area contributed by atoms with Gasteiger partial charge in [-0.15, -0.1) is 5.10 Å². The van der Waals surface area contributed by atoms with E-state index in [-0.39, 0.29) is 6.61 Å². The molecule has 0 saturated carbocycles. The lowest BCUT2D eigenvalue weighted by atomic mass is 10.1. The Balaban J connectivity index is 2.24. The first-order valence-electron chi connectivity index (χ1n) is 5.95. The Labute approximate surface area is 101 Å². The summed E-state index contributed by atoms with van der Waals surface area (Å²) in [5.74, 6) is 0. The zero-order valence-corrected chi connectivity index (χ0v) is 10.0. The molecule has 1 aromatic heterocycles. The molecule has 1 heterocycles. The minimum Gasteiger partial charge on any atom is -0.396 e. The Kier molecular flexibility index (Phi) is 3.88. The molecular weight excluding hydrogens is 214 g/mol. The van der Waals surface area contributed by atoms with Crippen molar-refractivity contribution in [1.82, 2.24) is 15.0 Å². The van der Waals surface area contributed by atoms with Gasteiger partial charge in [0.15, 0.2) is 0 Å². The normalized spacial score (nSPS) is 10.7. The molecule has 90 valence electrons. The third kappa shape index (κ3) is 2.71. The summed E-state index contributed by atoms with van der Waals surface area (Å²) >= 11 is 0. The number of hydrogen-bond donors (Lipinski definition) is 1. The van der Waals surface area contributed by atoms with Crippen LogP contribution in [-0.4, -0.2) is 26.7 Å². The van der Waals surface area contributed by atoms with Crippen molar-refractivity contribution in [3.05, 3.63) is 41.7 Å². The van der Waals surface area contributed by atoms with Gasteiger partial charge in [-0.05, 0) is 30.9 Å². The lowest BCUT2D eigenvalue weighted by Gasteiger charge is -2.05. The van der Waals surface area contributed by atoms with E-state index in [0.29, 0.717) is 0 Å². The van der Waals surface area contributed by atoms with Gasteiger partial charge in [-0.25, -0.2) is 4.68 Å². The summed E-state index contributed by atoms with van der Waals surface area (Å²) in [6.45, 7) is 2.32. The maximum atomic E-state index is 8.78. The summed E-state index contributed by atoms with van der Waals surface area (Å²) in [6, 6.07) is 8.18. The van der Waals surface area contributed by atoms with E-state index in [0.717, 1.165) is 30.6 Å². The molecule has 0 fully saturated rings. The van der Waals surface area contributed by atoms with Crippen molar-refractivity contribution in [2.75, 3.05) is 6.61 Å². The van der Waals surface area contributed by atoms with Crippen LogP contribution in [0.3, 0.4) is 0 Å². The Morgan fingerprint density at radius 1 is 1.29 bits per heavy atom. The smallest absolute Gasteiger partial charge is 0.0832 e. The SMILES string of the molecule is CCc1ccccc1-n1cc(CCCO)nn1. The van der Waals surface area contributed by atoms with Crippen LogP contribution in [0.25, 0.3) is 5.69 Å². The van der Waals surface area contributed by atoms with Crippen LogP contribution in [0.4, 0.5) is 0 Å². The van der Waals surface area contributed by atoms with Crippen LogP contribution >= 0.6 is 0 Å². The predicted molar refractivity (Wildman–Crippen MR) is 66.1 cm³/mol. The number of rotatable bonds is 5. The van der Waals surface area contributed by atoms with Crippen molar-refractivity contribution in [1.29, 1.82) is 0 Å². The maximum Gasteiger partial charge on any atom is 0.0832 e. The molecule has 0 bridgehead atoms. The first-order chi connectivity index (χ1) is 8.35. The predicted octanol–water partition coefficient (Wildman–Crippen LogP) is 1.75. The molecule has 17 heavy (non-hydrogen) atoms. The summed E-state index contributed by atoms with van der Waals surface area (Å²) < 4.78 is 1.81. The summed E-state index contributed by atoms with van der Waals surface area (Å²) in [5.41, 5.74) is 3.26. The Morgan fingerprint density at radius 3 is 2.88 bits per heavy atom. The third-order valence-electron chi connectivity index (χ3n) is 2.75. The highest BCUT2D eigenvalue weighted by Crippen LogP contribution is 2.14. The highest BCUT2D eigenvalue weighted by molar-refractivity contribution is 5.40. The topological polar surface area (TPSA) is 50.9 Å². The number of benzene rings is 1. The van der Waals surface area contributed by atoms with Crippen LogP contribution < -0.4 is 0 Å². The van der Waals surface area contributed by atoms with E-state index in [1.165, 1.54) is 5.56 Å². The van der Waals surface area contributed by atoms with Crippen molar-refractivity contribution >= 4 is 0 Å². The first-order valence-corrected chi connectivity index (χ1v) is 5.95. The maximum absolute atomic E-state index is 8.78. The second kappa shape index (κ2) is 5.59. The molecule has 0 saturated heterocycles. The average Bonchev–Trinajstić information content (AvgIpc) is 2.85. The molecule has 2 aromatic rings. The molecule has 0 radical (unpaired) electrons. The van der Waals surface area contributed by atoms with Crippen LogP contribution in [0.15, 0.2) is 30.5 Å². The Bertz CT molecular complexity index is 479. The molecule has 0 unspecified atom stereocenters. The van der Waals surface area contributed by atoms with Gasteiger partial charge in [-0.3, -0.25) is 0 Å². The van der Waals surface area contributed by atoms with Crippen molar-refractivity contribution in [3.8, 4) is 5.69 Å². The molecule has 4 nitrogen and oxygen atoms in total. The van der Waals surface area contributed by atoms with E-state index < -0.39 is 0 Å². The second-order valence-electron chi connectivity index (χ2n) is 3.96. The Hall–Kier alpha value is -1.68. The van der Waals surface area contributed by atoms with E-state index in [1.807, 2.05) is 29.1 Å². The average molecular weight is 231 g/mol. The molecule has 4 heteroatoms. The van der Waals surface area contributed by atoms with Gasteiger partial charge in [0.1, 0.15) is 0 Å². The molecule has 2 rings (SSSR count). The van der Waals surface area contributed by atoms with Gasteiger partial charge < -0.3 is 5.11 Å². The van der Waals surface area contributed by atoms with E-state index >= 15 is 0 Å². The van der Waals surface area contributed by atoms with E-state index in [2.05, 4.69) is 23.3 Å². The zero-order valence-electron chi connectivity index (χ0n) is 10.0. The molecular formula is C13H17N3O. The molecule has 0 amide bonds. The molecule has 0 aliphatic heterocycles. The lowest BCUT2D eigenvalue weighted by Crippen LogP contribution is -1.99. The standard InChI is InChI=1S/C13H17N3O/c1-2-11-6-3-4-8-13(11)16-10-12(14-15-16)7-5-9-17/h3-4,6,8,10,17H,2,5,7,9H2,1H3. The summed E-state index contributed by atoms with van der Waals surface area (Å²) in [7, 11) is 0. The Morgan fingerprint density at radius 2 is 2.12 bits per heavy atom. The van der Waals surface area contributed by atoms with E-state index in [9.17, 15) is 0 Å². The highest BCUT2D eigenvalue weighted by Gasteiger charge is 2.05. The fraction of sp³-hybridized carbons (Fsp3) is 0.385. The molecule has 0 aliphatic carbocycles. The van der Waals surface area contributed by atoms with Crippen molar-refractivity contribution in [3.63, 3.8) is 0 Å². The van der Waals surface area contributed by atoms with Gasteiger partial charge in [-0.1, -0.05) is 30.3 Å². The summed E-state index contributed by atoms with van der Waals surface area (Å²) in [4.78, 5) is 0. The number of aromatic nitrogens is 3.